The fourth-order valence-electron chi connectivity index (χ4n) is 3.07. The Morgan fingerprint density at radius 3 is 2.52 bits per heavy atom. The molecule has 0 fully saturated rings. The zero-order valence-electron chi connectivity index (χ0n) is 11.3. The lowest BCUT2D eigenvalue weighted by Gasteiger charge is -2.31. The van der Waals surface area contributed by atoms with Crippen molar-refractivity contribution >= 4 is 22.7 Å². The predicted molar refractivity (Wildman–Crippen MR) is 76.5 cm³/mol. The van der Waals surface area contributed by atoms with Crippen molar-refractivity contribution in [2.75, 3.05) is 7.11 Å². The van der Waals surface area contributed by atoms with Gasteiger partial charge in [0.05, 0.1) is 18.3 Å². The van der Waals surface area contributed by atoms with Crippen molar-refractivity contribution < 1.29 is 14.4 Å². The number of carbonyl (C=O) groups excluding carboxylic acids is 2. The van der Waals surface area contributed by atoms with Gasteiger partial charge in [-0.2, -0.15) is 5.06 Å². The van der Waals surface area contributed by atoms with E-state index >= 15 is 0 Å². The van der Waals surface area contributed by atoms with E-state index in [1.807, 2.05) is 30.3 Å². The Labute approximate surface area is 120 Å². The molecule has 1 spiro atoms. The van der Waals surface area contributed by atoms with Gasteiger partial charge in [0.15, 0.2) is 5.78 Å². The standard InChI is InChI=1S/C16H12N2O3/c1-21-18-15(20)17-13-5-3-2-4-11(13)10-14(17)16(18)8-6-12(19)7-9-16/h2-10H,1H3. The number of fused-ring (bicyclic) bond motifs is 4. The number of benzene rings is 1. The predicted octanol–water partition coefficient (Wildman–Crippen LogP) is 2.38. The summed E-state index contributed by atoms with van der Waals surface area (Å²) in [5, 5.41) is 2.27. The molecule has 0 saturated carbocycles. The minimum Gasteiger partial charge on any atom is -0.290 e. The second kappa shape index (κ2) is 3.93. The molecule has 2 aromatic rings. The molecule has 1 aliphatic heterocycles. The normalized spacial score (nSPS) is 19.0. The van der Waals surface area contributed by atoms with Crippen molar-refractivity contribution in [1.82, 2.24) is 9.63 Å². The highest BCUT2D eigenvalue weighted by Crippen LogP contribution is 2.42. The third kappa shape index (κ3) is 1.38. The number of nitrogens with zero attached hydrogens (tertiary/aromatic N) is 2. The zero-order valence-corrected chi connectivity index (χ0v) is 11.3. The Bertz CT molecular complexity index is 828. The number of aromatic nitrogens is 1. The number of ketones is 1. The Balaban J connectivity index is 2.05. The first-order valence-corrected chi connectivity index (χ1v) is 6.59. The first kappa shape index (κ1) is 12.1. The van der Waals surface area contributed by atoms with Gasteiger partial charge in [0.25, 0.3) is 0 Å². The first-order valence-electron chi connectivity index (χ1n) is 6.59. The van der Waals surface area contributed by atoms with E-state index < -0.39 is 5.54 Å². The van der Waals surface area contributed by atoms with Gasteiger partial charge in [0.1, 0.15) is 5.54 Å². The molecule has 5 nitrogen and oxygen atoms in total. The van der Waals surface area contributed by atoms with E-state index in [1.54, 1.807) is 16.7 Å². The molecule has 0 bridgehead atoms. The highest BCUT2D eigenvalue weighted by atomic mass is 16.7. The van der Waals surface area contributed by atoms with E-state index in [4.69, 9.17) is 4.84 Å². The van der Waals surface area contributed by atoms with E-state index in [2.05, 4.69) is 0 Å². The van der Waals surface area contributed by atoms with Gasteiger partial charge >= 0.3 is 6.03 Å². The van der Waals surface area contributed by atoms with Gasteiger partial charge in [-0.1, -0.05) is 18.2 Å². The molecular formula is C16H12N2O3. The third-order valence-corrected chi connectivity index (χ3v) is 4.01. The van der Waals surface area contributed by atoms with Gasteiger partial charge in [0.2, 0.25) is 0 Å². The van der Waals surface area contributed by atoms with Gasteiger partial charge in [-0.25, -0.2) is 4.79 Å². The van der Waals surface area contributed by atoms with Gasteiger partial charge in [-0.3, -0.25) is 14.2 Å². The van der Waals surface area contributed by atoms with Crippen LogP contribution >= 0.6 is 0 Å². The summed E-state index contributed by atoms with van der Waals surface area (Å²) in [6, 6.07) is 9.36. The average Bonchev–Trinajstić information content (AvgIpc) is 2.98. The molecule has 0 atom stereocenters. The summed E-state index contributed by atoms with van der Waals surface area (Å²) in [5.74, 6) is -0.0984. The summed E-state index contributed by atoms with van der Waals surface area (Å²) in [6.07, 6.45) is 6.34. The minimum absolute atomic E-state index is 0.0984. The van der Waals surface area contributed by atoms with E-state index in [9.17, 15) is 9.59 Å². The molecule has 1 amide bonds. The molecular weight excluding hydrogens is 268 g/mol. The molecule has 0 N–H and O–H groups in total. The van der Waals surface area contributed by atoms with Crippen LogP contribution in [0.3, 0.4) is 0 Å². The molecule has 2 heterocycles. The fourth-order valence-corrected chi connectivity index (χ4v) is 3.07. The molecule has 5 heteroatoms. The van der Waals surface area contributed by atoms with E-state index in [-0.39, 0.29) is 11.8 Å². The summed E-state index contributed by atoms with van der Waals surface area (Å²) in [5.41, 5.74) is 0.740. The zero-order chi connectivity index (χ0) is 14.6. The van der Waals surface area contributed by atoms with Crippen molar-refractivity contribution in [1.29, 1.82) is 0 Å². The van der Waals surface area contributed by atoms with Crippen molar-refractivity contribution in [3.8, 4) is 0 Å². The van der Waals surface area contributed by atoms with Crippen LogP contribution in [-0.4, -0.2) is 28.6 Å². The molecule has 0 saturated heterocycles. The molecule has 1 aromatic carbocycles. The second-order valence-corrected chi connectivity index (χ2v) is 5.08. The van der Waals surface area contributed by atoms with Crippen LogP contribution in [0.2, 0.25) is 0 Å². The molecule has 0 radical (unpaired) electrons. The number of hydrogen-bond acceptors (Lipinski definition) is 3. The summed E-state index contributed by atoms with van der Waals surface area (Å²) in [4.78, 5) is 29.4. The fraction of sp³-hybridized carbons (Fsp3) is 0.125. The Morgan fingerprint density at radius 2 is 1.81 bits per heavy atom. The van der Waals surface area contributed by atoms with Crippen LogP contribution < -0.4 is 0 Å². The summed E-state index contributed by atoms with van der Waals surface area (Å²) >= 11 is 0. The van der Waals surface area contributed by atoms with Crippen LogP contribution in [0.15, 0.2) is 54.6 Å². The van der Waals surface area contributed by atoms with Gasteiger partial charge in [0, 0.05) is 5.39 Å². The molecule has 2 aliphatic rings. The number of para-hydroxylation sites is 1. The quantitative estimate of drug-likeness (QED) is 0.806. The maximum Gasteiger partial charge on any atom is 0.354 e. The minimum atomic E-state index is -0.862. The smallest absolute Gasteiger partial charge is 0.290 e. The molecule has 1 aliphatic carbocycles. The van der Waals surface area contributed by atoms with Crippen LogP contribution in [-0.2, 0) is 15.2 Å². The molecule has 4 rings (SSSR count). The topological polar surface area (TPSA) is 51.5 Å². The van der Waals surface area contributed by atoms with Crippen molar-refractivity contribution in [3.63, 3.8) is 0 Å². The van der Waals surface area contributed by atoms with Crippen LogP contribution in [0.5, 0.6) is 0 Å². The number of carbonyl (C=O) groups is 2. The number of hydrogen-bond donors (Lipinski definition) is 0. The van der Waals surface area contributed by atoms with Crippen molar-refractivity contribution in [2.45, 2.75) is 5.54 Å². The van der Waals surface area contributed by atoms with Crippen LogP contribution in [0.25, 0.3) is 10.9 Å². The van der Waals surface area contributed by atoms with Gasteiger partial charge < -0.3 is 0 Å². The van der Waals surface area contributed by atoms with Crippen LogP contribution in [0.4, 0.5) is 4.79 Å². The maximum absolute atomic E-state index is 12.7. The average molecular weight is 280 g/mol. The highest BCUT2D eigenvalue weighted by molar-refractivity contribution is 6.02. The monoisotopic (exact) mass is 280 g/mol. The number of hydroxylamine groups is 2. The summed E-state index contributed by atoms with van der Waals surface area (Å²) in [7, 11) is 1.45. The summed E-state index contributed by atoms with van der Waals surface area (Å²) < 4.78 is 1.63. The SMILES string of the molecule is CON1C(=O)n2c(cc3ccccc32)C12C=CC(=O)C=C2. The highest BCUT2D eigenvalue weighted by Gasteiger charge is 2.49. The maximum atomic E-state index is 12.7. The van der Waals surface area contributed by atoms with Crippen molar-refractivity contribution in [2.24, 2.45) is 0 Å². The van der Waals surface area contributed by atoms with Gasteiger partial charge in [-0.05, 0) is 36.4 Å². The molecule has 104 valence electrons. The van der Waals surface area contributed by atoms with E-state index in [1.165, 1.54) is 24.3 Å². The number of allylic oxidation sites excluding steroid dienone is 2. The lowest BCUT2D eigenvalue weighted by molar-refractivity contribution is -0.123. The van der Waals surface area contributed by atoms with Crippen LogP contribution in [0, 0.1) is 0 Å². The van der Waals surface area contributed by atoms with E-state index in [0.717, 1.165) is 16.6 Å². The van der Waals surface area contributed by atoms with Crippen LogP contribution in [0.1, 0.15) is 5.69 Å². The lowest BCUT2D eigenvalue weighted by Crippen LogP contribution is -2.41. The number of rotatable bonds is 1. The van der Waals surface area contributed by atoms with E-state index in [0.29, 0.717) is 0 Å². The Morgan fingerprint density at radius 1 is 1.10 bits per heavy atom. The van der Waals surface area contributed by atoms with Crippen molar-refractivity contribution in [3.05, 3.63) is 60.3 Å². The van der Waals surface area contributed by atoms with Gasteiger partial charge in [-0.15, -0.1) is 0 Å². The summed E-state index contributed by atoms with van der Waals surface area (Å²) in [6.45, 7) is 0. The second-order valence-electron chi connectivity index (χ2n) is 5.08. The largest absolute Gasteiger partial charge is 0.354 e. The Kier molecular flexibility index (Phi) is 2.26. The molecule has 1 aromatic heterocycles. The third-order valence-electron chi connectivity index (χ3n) is 4.01. The first-order chi connectivity index (χ1) is 10.2. The molecule has 21 heavy (non-hydrogen) atoms. The molecule has 0 unspecified atom stereocenters. The lowest BCUT2D eigenvalue weighted by atomic mass is 9.90. The number of amides is 1. The Hall–Kier alpha value is -2.66.